The fourth-order valence-corrected chi connectivity index (χ4v) is 13.3. The molecule has 1 aliphatic rings. The molecule has 0 bridgehead atoms. The molecule has 1 aromatic heterocycles. The molecule has 2 heterocycles. The number of hydrogen-bond acceptors (Lipinski definition) is 2. The molecule has 0 amide bonds. The van der Waals surface area contributed by atoms with E-state index in [-0.39, 0.29) is 0 Å². The molecule has 3 nitrogen and oxygen atoms in total. The first kappa shape index (κ1) is 21.2. The number of pyridine rings is 1. The summed E-state index contributed by atoms with van der Waals surface area (Å²) < 4.78 is 4.91. The third-order valence-corrected chi connectivity index (χ3v) is 14.3. The second kappa shape index (κ2) is 7.73. The molecule has 0 atom stereocenters. The fraction of sp³-hybridized carbons (Fsp3) is 0.138. The number of hydrogen-bond donors (Lipinski definition) is 0. The zero-order valence-corrected chi connectivity index (χ0v) is 21.4. The van der Waals surface area contributed by atoms with Crippen molar-refractivity contribution in [3.63, 3.8) is 0 Å². The van der Waals surface area contributed by atoms with Crippen LogP contribution >= 0.6 is 0 Å². The summed E-state index contributed by atoms with van der Waals surface area (Å²) in [6.07, 6.45) is 2.10. The first-order valence-electron chi connectivity index (χ1n) is 11.1. The molecule has 3 aromatic carbocycles. The summed E-state index contributed by atoms with van der Waals surface area (Å²) in [5.41, 5.74) is 9.65. The van der Waals surface area contributed by atoms with Crippen LogP contribution in [0.5, 0.6) is 0 Å². The van der Waals surface area contributed by atoms with Crippen molar-refractivity contribution < 1.29 is 4.57 Å². The predicted molar refractivity (Wildman–Crippen MR) is 135 cm³/mol. The Bertz CT molecular complexity index is 1520. The van der Waals surface area contributed by atoms with E-state index in [0.29, 0.717) is 5.56 Å². The minimum atomic E-state index is -2.85. The van der Waals surface area contributed by atoms with E-state index in [1.807, 2.05) is 24.3 Å². The van der Waals surface area contributed by atoms with Crippen LogP contribution in [-0.2, 0) is 7.05 Å². The molecule has 4 heteroatoms. The van der Waals surface area contributed by atoms with Crippen LogP contribution in [0.25, 0.3) is 33.5 Å². The predicted octanol–water partition coefficient (Wildman–Crippen LogP) is 4.70. The zero-order chi connectivity index (χ0) is 23.3. The van der Waals surface area contributed by atoms with E-state index in [2.05, 4.69) is 90.9 Å². The SMILES string of the molecule is Cc1ccc2[c](c1-c1cccc[n+]1C)[Ge]([CH3])([CH3])[c]1c-2ccc(-c2ccc(C#N)cc2)c1C#N. The van der Waals surface area contributed by atoms with Crippen LogP contribution in [0.2, 0.25) is 11.5 Å². The van der Waals surface area contributed by atoms with Gasteiger partial charge in [-0.2, -0.15) is 0 Å². The molecule has 0 fully saturated rings. The first-order chi connectivity index (χ1) is 15.9. The Morgan fingerprint density at radius 2 is 1.42 bits per heavy atom. The third kappa shape index (κ3) is 3.12. The van der Waals surface area contributed by atoms with E-state index in [1.165, 1.54) is 36.7 Å². The summed E-state index contributed by atoms with van der Waals surface area (Å²) >= 11 is -2.85. The van der Waals surface area contributed by atoms with Crippen molar-refractivity contribution in [2.45, 2.75) is 18.4 Å². The minimum absolute atomic E-state index is 0.625. The van der Waals surface area contributed by atoms with E-state index in [9.17, 15) is 5.26 Å². The van der Waals surface area contributed by atoms with Crippen LogP contribution in [0.4, 0.5) is 0 Å². The van der Waals surface area contributed by atoms with Crippen molar-refractivity contribution in [2.24, 2.45) is 7.05 Å². The summed E-state index contributed by atoms with van der Waals surface area (Å²) in [6.45, 7) is 2.19. The molecule has 0 spiro atoms. The van der Waals surface area contributed by atoms with Gasteiger partial charge in [-0.3, -0.25) is 0 Å². The van der Waals surface area contributed by atoms with Crippen molar-refractivity contribution >= 4 is 22.1 Å². The van der Waals surface area contributed by atoms with E-state index in [4.69, 9.17) is 5.26 Å². The van der Waals surface area contributed by atoms with E-state index in [1.54, 1.807) is 0 Å². The van der Waals surface area contributed by atoms with Gasteiger partial charge in [0, 0.05) is 0 Å². The molecule has 4 aromatic rings. The second-order valence-electron chi connectivity index (χ2n) is 9.21. The second-order valence-corrected chi connectivity index (χ2v) is 18.1. The van der Waals surface area contributed by atoms with Gasteiger partial charge in [0.15, 0.2) is 0 Å². The number of nitrogens with zero attached hydrogens (tertiary/aromatic N) is 3. The third-order valence-electron chi connectivity index (χ3n) is 6.91. The van der Waals surface area contributed by atoms with Crippen LogP contribution in [-0.4, -0.2) is 13.3 Å². The Labute approximate surface area is 197 Å². The maximum atomic E-state index is 10.4. The van der Waals surface area contributed by atoms with Crippen molar-refractivity contribution in [1.82, 2.24) is 0 Å². The number of aromatic nitrogens is 1. The summed E-state index contributed by atoms with van der Waals surface area (Å²) in [7, 11) is 2.10. The molecule has 1 aliphatic heterocycles. The Kier molecular flexibility index (Phi) is 4.96. The molecule has 158 valence electrons. The molecule has 5 rings (SSSR count). The molecule has 0 saturated carbocycles. The van der Waals surface area contributed by atoms with Gasteiger partial charge < -0.3 is 0 Å². The van der Waals surface area contributed by atoms with Gasteiger partial charge in [-0.1, -0.05) is 0 Å². The van der Waals surface area contributed by atoms with Gasteiger partial charge >= 0.3 is 198 Å². The van der Waals surface area contributed by atoms with Gasteiger partial charge in [0.05, 0.1) is 0 Å². The van der Waals surface area contributed by atoms with Crippen LogP contribution in [0.3, 0.4) is 0 Å². The van der Waals surface area contributed by atoms with E-state index in [0.717, 1.165) is 16.7 Å². The Hall–Kier alpha value is -3.67. The maximum absolute atomic E-state index is 10.4. The molecule has 33 heavy (non-hydrogen) atoms. The summed E-state index contributed by atoms with van der Waals surface area (Å²) in [5, 5.41) is 19.5. The normalized spacial score (nSPS) is 13.0. The summed E-state index contributed by atoms with van der Waals surface area (Å²) in [5.74, 6) is 4.83. The van der Waals surface area contributed by atoms with Crippen LogP contribution in [0, 0.1) is 29.6 Å². The monoisotopic (exact) mass is 488 g/mol. The van der Waals surface area contributed by atoms with Crippen LogP contribution in [0.1, 0.15) is 16.7 Å². The van der Waals surface area contributed by atoms with Gasteiger partial charge in [-0.05, 0) is 0 Å². The van der Waals surface area contributed by atoms with Crippen molar-refractivity contribution in [2.75, 3.05) is 0 Å². The molecule has 0 aliphatic carbocycles. The van der Waals surface area contributed by atoms with Gasteiger partial charge in [0.2, 0.25) is 0 Å². The molecule has 0 saturated heterocycles. The summed E-state index contributed by atoms with van der Waals surface area (Å²) in [4.78, 5) is 0. The number of rotatable bonds is 2. The standard InChI is InChI=1S/C29H24GeN3/c1-19-8-13-24-23-15-14-22(21-11-9-20(17-31)10-12-21)25(18-32)28(23)30(2,3)29(24)27(19)26-7-5-6-16-33(26)4/h5-16H,1-4H3/q+1. The van der Waals surface area contributed by atoms with Gasteiger partial charge in [0.1, 0.15) is 0 Å². The van der Waals surface area contributed by atoms with Gasteiger partial charge in [-0.15, -0.1) is 0 Å². The Morgan fingerprint density at radius 3 is 2.09 bits per heavy atom. The van der Waals surface area contributed by atoms with E-state index >= 15 is 0 Å². The topological polar surface area (TPSA) is 51.5 Å². The number of fused-ring (bicyclic) bond motifs is 3. The Balaban J connectivity index is 1.80. The average molecular weight is 487 g/mol. The molecular weight excluding hydrogens is 463 g/mol. The number of nitriles is 2. The van der Waals surface area contributed by atoms with Crippen molar-refractivity contribution in [3.8, 4) is 45.6 Å². The van der Waals surface area contributed by atoms with E-state index < -0.39 is 13.3 Å². The fourth-order valence-electron chi connectivity index (χ4n) is 5.38. The molecular formula is C29H24GeN3+. The van der Waals surface area contributed by atoms with Crippen molar-refractivity contribution in [3.05, 3.63) is 89.6 Å². The van der Waals surface area contributed by atoms with Gasteiger partial charge in [-0.25, -0.2) is 0 Å². The van der Waals surface area contributed by atoms with Gasteiger partial charge in [0.25, 0.3) is 0 Å². The molecule has 0 N–H and O–H groups in total. The van der Waals surface area contributed by atoms with Crippen molar-refractivity contribution in [1.29, 1.82) is 10.5 Å². The summed E-state index contributed by atoms with van der Waals surface area (Å²) in [6, 6.07) is 27.4. The molecule has 0 unspecified atom stereocenters. The Morgan fingerprint density at radius 1 is 0.758 bits per heavy atom. The average Bonchev–Trinajstić information content (AvgIpc) is 3.06. The number of aryl methyl sites for hydroxylation is 2. The number of benzene rings is 3. The first-order valence-corrected chi connectivity index (χ1v) is 17.4. The van der Waals surface area contributed by atoms with Crippen LogP contribution in [0.15, 0.2) is 72.9 Å². The van der Waals surface area contributed by atoms with Crippen LogP contribution < -0.4 is 13.4 Å². The quantitative estimate of drug-likeness (QED) is 0.304. The molecule has 0 radical (unpaired) electrons. The zero-order valence-electron chi connectivity index (χ0n) is 19.3.